The van der Waals surface area contributed by atoms with Crippen LogP contribution < -0.4 is 4.90 Å². The third-order valence-corrected chi connectivity index (χ3v) is 5.65. The first-order chi connectivity index (χ1) is 12.8. The van der Waals surface area contributed by atoms with E-state index >= 15 is 0 Å². The van der Waals surface area contributed by atoms with E-state index in [-0.39, 0.29) is 5.91 Å². The van der Waals surface area contributed by atoms with Gasteiger partial charge in [0.25, 0.3) is 5.91 Å². The van der Waals surface area contributed by atoms with Crippen LogP contribution in [0.15, 0.2) is 55.4 Å². The van der Waals surface area contributed by atoms with Gasteiger partial charge >= 0.3 is 0 Å². The van der Waals surface area contributed by atoms with Crippen molar-refractivity contribution in [3.63, 3.8) is 0 Å². The third kappa shape index (κ3) is 3.20. The Labute approximate surface area is 156 Å². The molecule has 4 rings (SSSR count). The summed E-state index contributed by atoms with van der Waals surface area (Å²) < 4.78 is 1.71. The molecule has 0 N–H and O–H groups in total. The molecule has 0 fully saturated rings. The molecule has 5 nitrogen and oxygen atoms in total. The molecular formula is C20H20N4OS. The Balaban J connectivity index is 1.63. The summed E-state index contributed by atoms with van der Waals surface area (Å²) in [5, 5.41) is 5.09. The van der Waals surface area contributed by atoms with Crippen molar-refractivity contribution >= 4 is 22.4 Å². The summed E-state index contributed by atoms with van der Waals surface area (Å²) in [6.45, 7) is 4.23. The zero-order valence-electron chi connectivity index (χ0n) is 14.5. The molecule has 0 saturated carbocycles. The number of nitrogens with zero attached hydrogens (tertiary/aromatic N) is 4. The number of aryl methyl sites for hydroxylation is 2. The molecule has 0 bridgehead atoms. The van der Waals surface area contributed by atoms with Gasteiger partial charge in [0.05, 0.1) is 23.1 Å². The summed E-state index contributed by atoms with van der Waals surface area (Å²) in [6, 6.07) is 9.76. The molecule has 0 spiro atoms. The van der Waals surface area contributed by atoms with Crippen molar-refractivity contribution < 1.29 is 4.79 Å². The quantitative estimate of drug-likeness (QED) is 0.642. The van der Waals surface area contributed by atoms with Gasteiger partial charge in [-0.25, -0.2) is 9.67 Å². The van der Waals surface area contributed by atoms with Crippen LogP contribution in [0.3, 0.4) is 0 Å². The summed E-state index contributed by atoms with van der Waals surface area (Å²) in [5.41, 5.74) is 2.62. The summed E-state index contributed by atoms with van der Waals surface area (Å²) in [5.74, 6) is -0.0989. The minimum atomic E-state index is -0.0989. The van der Waals surface area contributed by atoms with Crippen LogP contribution >= 0.6 is 11.3 Å². The highest BCUT2D eigenvalue weighted by Crippen LogP contribution is 2.32. The smallest absolute Gasteiger partial charge is 0.263 e. The van der Waals surface area contributed by atoms with Crippen molar-refractivity contribution in [1.82, 2.24) is 14.8 Å². The van der Waals surface area contributed by atoms with E-state index in [9.17, 15) is 4.79 Å². The van der Waals surface area contributed by atoms with Crippen molar-refractivity contribution in [2.75, 3.05) is 11.4 Å². The average Bonchev–Trinajstić information content (AvgIpc) is 3.33. The van der Waals surface area contributed by atoms with Gasteiger partial charge in [-0.1, -0.05) is 24.3 Å². The number of anilines is 1. The Hall–Kier alpha value is -2.73. The number of aromatic nitrogens is 3. The summed E-state index contributed by atoms with van der Waals surface area (Å²) in [7, 11) is 0. The predicted molar refractivity (Wildman–Crippen MR) is 104 cm³/mol. The average molecular weight is 364 g/mol. The van der Waals surface area contributed by atoms with Gasteiger partial charge in [0.15, 0.2) is 5.13 Å². The zero-order valence-corrected chi connectivity index (χ0v) is 15.3. The second-order valence-corrected chi connectivity index (χ2v) is 7.35. The molecule has 2 aromatic heterocycles. The van der Waals surface area contributed by atoms with E-state index in [1.807, 2.05) is 30.3 Å². The van der Waals surface area contributed by atoms with Crippen LogP contribution in [0.4, 0.5) is 5.13 Å². The number of carbonyl (C=O) groups excluding carboxylic acids is 1. The fourth-order valence-corrected chi connectivity index (χ4v) is 4.30. The molecule has 1 aliphatic rings. The SMILES string of the molecule is C=CCN(C(=O)c1cnn(-c2ccccc2)c1)c1nc2c(s1)CCCC2. The minimum Gasteiger partial charge on any atom is -0.280 e. The van der Waals surface area contributed by atoms with E-state index in [4.69, 9.17) is 4.98 Å². The molecule has 0 aliphatic heterocycles. The van der Waals surface area contributed by atoms with Crippen LogP contribution in [0.5, 0.6) is 0 Å². The maximum Gasteiger partial charge on any atom is 0.263 e. The fraction of sp³-hybridized carbons (Fsp3) is 0.250. The molecule has 0 radical (unpaired) electrons. The van der Waals surface area contributed by atoms with Crippen molar-refractivity contribution in [1.29, 1.82) is 0 Å². The molecule has 26 heavy (non-hydrogen) atoms. The molecule has 6 heteroatoms. The number of hydrogen-bond donors (Lipinski definition) is 0. The highest BCUT2D eigenvalue weighted by atomic mass is 32.1. The summed E-state index contributed by atoms with van der Waals surface area (Å²) in [4.78, 5) is 20.8. The van der Waals surface area contributed by atoms with Crippen LogP contribution in [0.25, 0.3) is 5.69 Å². The van der Waals surface area contributed by atoms with Crippen LogP contribution in [-0.4, -0.2) is 27.2 Å². The predicted octanol–water partition coefficient (Wildman–Crippen LogP) is 4.04. The van der Waals surface area contributed by atoms with Gasteiger partial charge in [0.1, 0.15) is 0 Å². The first-order valence-electron chi connectivity index (χ1n) is 8.77. The van der Waals surface area contributed by atoms with Gasteiger partial charge in [-0.05, 0) is 37.8 Å². The molecule has 3 aromatic rings. The van der Waals surface area contributed by atoms with Gasteiger partial charge in [-0.15, -0.1) is 17.9 Å². The summed E-state index contributed by atoms with van der Waals surface area (Å²) >= 11 is 1.63. The van der Waals surface area contributed by atoms with E-state index in [2.05, 4.69) is 11.7 Å². The van der Waals surface area contributed by atoms with Gasteiger partial charge in [0, 0.05) is 17.6 Å². The molecule has 2 heterocycles. The maximum atomic E-state index is 13.1. The van der Waals surface area contributed by atoms with E-state index in [0.29, 0.717) is 12.1 Å². The highest BCUT2D eigenvalue weighted by molar-refractivity contribution is 7.16. The lowest BCUT2D eigenvalue weighted by Crippen LogP contribution is -2.30. The Kier molecular flexibility index (Phi) is 4.67. The van der Waals surface area contributed by atoms with Crippen molar-refractivity contribution in [3.8, 4) is 5.69 Å². The molecule has 1 aliphatic carbocycles. The van der Waals surface area contributed by atoms with E-state index in [1.165, 1.54) is 17.7 Å². The number of amides is 1. The molecule has 0 unspecified atom stereocenters. The first-order valence-corrected chi connectivity index (χ1v) is 9.59. The minimum absolute atomic E-state index is 0.0989. The van der Waals surface area contributed by atoms with Crippen molar-refractivity contribution in [2.45, 2.75) is 25.7 Å². The number of fused-ring (bicyclic) bond motifs is 1. The third-order valence-electron chi connectivity index (χ3n) is 4.47. The lowest BCUT2D eigenvalue weighted by molar-refractivity contribution is 0.0989. The second-order valence-electron chi connectivity index (χ2n) is 6.29. The monoisotopic (exact) mass is 364 g/mol. The van der Waals surface area contributed by atoms with E-state index in [1.54, 1.807) is 39.4 Å². The number of rotatable bonds is 5. The van der Waals surface area contributed by atoms with Crippen LogP contribution in [0, 0.1) is 0 Å². The lowest BCUT2D eigenvalue weighted by atomic mass is 10.0. The van der Waals surface area contributed by atoms with Gasteiger partial charge in [-0.2, -0.15) is 5.10 Å². The van der Waals surface area contributed by atoms with Crippen molar-refractivity contribution in [2.24, 2.45) is 0 Å². The molecular weight excluding hydrogens is 344 g/mol. The lowest BCUT2D eigenvalue weighted by Gasteiger charge is -2.16. The van der Waals surface area contributed by atoms with Gasteiger partial charge < -0.3 is 0 Å². The standard InChI is InChI=1S/C20H20N4OS/c1-2-12-23(20-22-17-10-6-7-11-18(17)26-20)19(25)15-13-21-24(14-15)16-8-4-3-5-9-16/h2-5,8-9,13-14H,1,6-7,10-12H2. The zero-order chi connectivity index (χ0) is 17.9. The Morgan fingerprint density at radius 2 is 2.08 bits per heavy atom. The van der Waals surface area contributed by atoms with Gasteiger partial charge in [-0.3, -0.25) is 9.69 Å². The number of carbonyl (C=O) groups is 1. The first kappa shape index (κ1) is 16.7. The molecule has 0 saturated heterocycles. The second kappa shape index (κ2) is 7.25. The van der Waals surface area contributed by atoms with Crippen LogP contribution in [-0.2, 0) is 12.8 Å². The largest absolute Gasteiger partial charge is 0.280 e. The number of thiazole rings is 1. The maximum absolute atomic E-state index is 13.1. The number of hydrogen-bond acceptors (Lipinski definition) is 4. The van der Waals surface area contributed by atoms with E-state index in [0.717, 1.165) is 29.4 Å². The van der Waals surface area contributed by atoms with Crippen LogP contribution in [0.1, 0.15) is 33.8 Å². The number of benzene rings is 1. The molecule has 1 amide bonds. The molecule has 1 aromatic carbocycles. The molecule has 0 atom stereocenters. The highest BCUT2D eigenvalue weighted by Gasteiger charge is 2.24. The topological polar surface area (TPSA) is 51.0 Å². The normalized spacial score (nSPS) is 13.2. The van der Waals surface area contributed by atoms with Crippen molar-refractivity contribution in [3.05, 3.63) is 71.5 Å². The van der Waals surface area contributed by atoms with Gasteiger partial charge in [0.2, 0.25) is 0 Å². The Morgan fingerprint density at radius 3 is 2.85 bits per heavy atom. The Morgan fingerprint density at radius 1 is 1.27 bits per heavy atom. The molecule has 132 valence electrons. The Bertz CT molecular complexity index is 905. The van der Waals surface area contributed by atoms with E-state index < -0.39 is 0 Å². The fourth-order valence-electron chi connectivity index (χ4n) is 3.14. The van der Waals surface area contributed by atoms with Crippen LogP contribution in [0.2, 0.25) is 0 Å². The number of para-hydroxylation sites is 1. The summed E-state index contributed by atoms with van der Waals surface area (Å²) in [6.07, 6.45) is 9.56.